The molecule has 1 aromatic rings. The predicted octanol–water partition coefficient (Wildman–Crippen LogP) is 3.61. The van der Waals surface area contributed by atoms with E-state index in [-0.39, 0.29) is 24.0 Å². The molecule has 4 fully saturated rings. The fraction of sp³-hybridized carbons (Fsp3) is 0.636. The first-order chi connectivity index (χ1) is 13.0. The Hall–Kier alpha value is -2.04. The number of methoxy groups -OCH3 is 1. The van der Waals surface area contributed by atoms with Crippen molar-refractivity contribution in [2.24, 2.45) is 23.2 Å². The second-order valence-corrected chi connectivity index (χ2v) is 8.89. The number of carbonyl (C=O) groups is 2. The van der Waals surface area contributed by atoms with Gasteiger partial charge >= 0.3 is 0 Å². The van der Waals surface area contributed by atoms with Crippen LogP contribution in [0.25, 0.3) is 0 Å². The number of benzene rings is 1. The van der Waals surface area contributed by atoms with E-state index in [4.69, 9.17) is 9.47 Å². The number of hydrogen-bond acceptors (Lipinski definition) is 4. The van der Waals surface area contributed by atoms with E-state index in [1.807, 2.05) is 0 Å². The lowest BCUT2D eigenvalue weighted by Gasteiger charge is -2.59. The summed E-state index contributed by atoms with van der Waals surface area (Å²) >= 11 is 0. The van der Waals surface area contributed by atoms with Crippen molar-refractivity contribution in [3.05, 3.63) is 23.8 Å². The summed E-state index contributed by atoms with van der Waals surface area (Å²) in [6.45, 7) is 2.12. The molecule has 4 aliphatic carbocycles. The molecule has 4 bridgehead atoms. The Morgan fingerprint density at radius 3 is 2.37 bits per heavy atom. The lowest BCUT2D eigenvalue weighted by molar-refractivity contribution is -0.127. The van der Waals surface area contributed by atoms with Crippen LogP contribution in [0.5, 0.6) is 11.5 Å². The quantitative estimate of drug-likeness (QED) is 0.744. The van der Waals surface area contributed by atoms with Gasteiger partial charge in [0.25, 0.3) is 5.91 Å². The van der Waals surface area contributed by atoms with Crippen molar-refractivity contribution >= 4 is 12.2 Å². The summed E-state index contributed by atoms with van der Waals surface area (Å²) in [4.78, 5) is 23.4. The first-order valence-electron chi connectivity index (χ1n) is 10.1. The highest BCUT2D eigenvalue weighted by molar-refractivity contribution is 5.78. The van der Waals surface area contributed by atoms with E-state index in [0.29, 0.717) is 17.1 Å². The molecule has 0 heterocycles. The molecule has 1 amide bonds. The number of ether oxygens (including phenoxy) is 2. The standard InChI is InChI=1S/C22H29NO4/c1-14(22-9-16-5-17(10-22)7-18(6-16)11-22)23-21(25)13-27-19-4-3-15(12-24)8-20(19)26-2/h3-4,8,12,14,16-18H,5-7,9-11,13H2,1-2H3,(H,23,25)/t14-,16?,17?,18?,22?/m1/s1. The Balaban J connectivity index is 1.35. The SMILES string of the molecule is COc1cc(C=O)ccc1OCC(=O)N[C@H](C)C12CC3CC(CC(C3)C1)C2. The van der Waals surface area contributed by atoms with Gasteiger partial charge in [-0.15, -0.1) is 0 Å². The maximum Gasteiger partial charge on any atom is 0.258 e. The number of aldehydes is 1. The van der Waals surface area contributed by atoms with Gasteiger partial charge in [-0.3, -0.25) is 9.59 Å². The van der Waals surface area contributed by atoms with Crippen molar-refractivity contribution in [3.63, 3.8) is 0 Å². The minimum atomic E-state index is -0.0974. The first kappa shape index (κ1) is 18.3. The second kappa shape index (κ2) is 7.17. The molecule has 1 atom stereocenters. The van der Waals surface area contributed by atoms with Crippen LogP contribution in [0.4, 0.5) is 0 Å². The van der Waals surface area contributed by atoms with Crippen LogP contribution in [0.3, 0.4) is 0 Å². The van der Waals surface area contributed by atoms with Crippen molar-refractivity contribution in [2.75, 3.05) is 13.7 Å². The molecule has 0 saturated heterocycles. The molecule has 0 radical (unpaired) electrons. The zero-order valence-electron chi connectivity index (χ0n) is 16.2. The molecule has 1 N–H and O–H groups in total. The Kier molecular flexibility index (Phi) is 4.87. The highest BCUT2D eigenvalue weighted by Crippen LogP contribution is 2.61. The monoisotopic (exact) mass is 371 g/mol. The largest absolute Gasteiger partial charge is 0.493 e. The third-order valence-electron chi connectivity index (χ3n) is 7.06. The summed E-state index contributed by atoms with van der Waals surface area (Å²) < 4.78 is 10.9. The van der Waals surface area contributed by atoms with Crippen LogP contribution in [0, 0.1) is 23.2 Å². The summed E-state index contributed by atoms with van der Waals surface area (Å²) in [6.07, 6.45) is 8.76. The normalized spacial score (nSPS) is 32.0. The van der Waals surface area contributed by atoms with Crippen LogP contribution in [0.15, 0.2) is 18.2 Å². The molecule has 0 spiro atoms. The van der Waals surface area contributed by atoms with Crippen LogP contribution in [-0.4, -0.2) is 32.0 Å². The van der Waals surface area contributed by atoms with E-state index >= 15 is 0 Å². The fourth-order valence-electron chi connectivity index (χ4n) is 6.16. The minimum absolute atomic E-state index is 0.0481. The second-order valence-electron chi connectivity index (χ2n) is 8.89. The maximum atomic E-state index is 12.5. The van der Waals surface area contributed by atoms with Crippen LogP contribution >= 0.6 is 0 Å². The summed E-state index contributed by atoms with van der Waals surface area (Å²) in [7, 11) is 1.52. The lowest BCUT2D eigenvalue weighted by Crippen LogP contribution is -2.56. The Morgan fingerprint density at radius 1 is 1.19 bits per heavy atom. The molecular formula is C22H29NO4. The van der Waals surface area contributed by atoms with E-state index < -0.39 is 0 Å². The molecular weight excluding hydrogens is 342 g/mol. The third kappa shape index (κ3) is 3.56. The van der Waals surface area contributed by atoms with Crippen molar-refractivity contribution in [1.29, 1.82) is 0 Å². The van der Waals surface area contributed by atoms with Crippen LogP contribution in [-0.2, 0) is 4.79 Å². The van der Waals surface area contributed by atoms with Gasteiger partial charge in [-0.25, -0.2) is 0 Å². The van der Waals surface area contributed by atoms with Gasteiger partial charge < -0.3 is 14.8 Å². The van der Waals surface area contributed by atoms with Crippen LogP contribution in [0.1, 0.15) is 55.8 Å². The van der Waals surface area contributed by atoms with E-state index in [2.05, 4.69) is 12.2 Å². The minimum Gasteiger partial charge on any atom is -0.493 e. The van der Waals surface area contributed by atoms with E-state index in [0.717, 1.165) is 24.0 Å². The summed E-state index contributed by atoms with van der Waals surface area (Å²) in [5.74, 6) is 3.44. The van der Waals surface area contributed by atoms with Crippen LogP contribution < -0.4 is 14.8 Å². The number of carbonyl (C=O) groups excluding carboxylic acids is 2. The number of rotatable bonds is 7. The van der Waals surface area contributed by atoms with Gasteiger partial charge in [-0.2, -0.15) is 0 Å². The molecule has 4 aliphatic rings. The molecule has 27 heavy (non-hydrogen) atoms. The van der Waals surface area contributed by atoms with Crippen molar-refractivity contribution in [3.8, 4) is 11.5 Å². The van der Waals surface area contributed by atoms with E-state index in [9.17, 15) is 9.59 Å². The lowest BCUT2D eigenvalue weighted by atomic mass is 9.48. The maximum absolute atomic E-state index is 12.5. The van der Waals surface area contributed by atoms with Gasteiger partial charge in [-0.1, -0.05) is 0 Å². The fourth-order valence-corrected chi connectivity index (χ4v) is 6.16. The first-order valence-corrected chi connectivity index (χ1v) is 10.1. The van der Waals surface area contributed by atoms with Crippen molar-refractivity contribution in [1.82, 2.24) is 5.32 Å². The number of amides is 1. The van der Waals surface area contributed by atoms with E-state index in [1.54, 1.807) is 18.2 Å². The van der Waals surface area contributed by atoms with Crippen molar-refractivity contribution < 1.29 is 19.1 Å². The Morgan fingerprint density at radius 2 is 1.81 bits per heavy atom. The Labute approximate surface area is 160 Å². The van der Waals surface area contributed by atoms with E-state index in [1.165, 1.54) is 45.6 Å². The molecule has 5 nitrogen and oxygen atoms in total. The zero-order valence-corrected chi connectivity index (χ0v) is 16.2. The molecule has 0 aromatic heterocycles. The van der Waals surface area contributed by atoms with Crippen molar-refractivity contribution in [2.45, 2.75) is 51.5 Å². The highest BCUT2D eigenvalue weighted by atomic mass is 16.5. The molecule has 4 saturated carbocycles. The summed E-state index contributed by atoms with van der Waals surface area (Å²) in [5.41, 5.74) is 0.798. The van der Waals surface area contributed by atoms with Gasteiger partial charge in [0, 0.05) is 11.6 Å². The van der Waals surface area contributed by atoms with Gasteiger partial charge in [0.05, 0.1) is 7.11 Å². The van der Waals surface area contributed by atoms with Crippen LogP contribution in [0.2, 0.25) is 0 Å². The topological polar surface area (TPSA) is 64.6 Å². The Bertz CT molecular complexity index is 694. The van der Waals surface area contributed by atoms with Gasteiger partial charge in [0.1, 0.15) is 6.29 Å². The third-order valence-corrected chi connectivity index (χ3v) is 7.06. The predicted molar refractivity (Wildman–Crippen MR) is 102 cm³/mol. The smallest absolute Gasteiger partial charge is 0.258 e. The summed E-state index contributed by atoms with van der Waals surface area (Å²) in [6, 6.07) is 5.11. The average molecular weight is 371 g/mol. The zero-order chi connectivity index (χ0) is 19.0. The molecule has 5 heteroatoms. The number of hydrogen-bond donors (Lipinski definition) is 1. The molecule has 5 rings (SSSR count). The average Bonchev–Trinajstić information content (AvgIpc) is 2.65. The molecule has 0 aliphatic heterocycles. The molecule has 1 aromatic carbocycles. The number of nitrogens with one attached hydrogen (secondary N) is 1. The molecule has 146 valence electrons. The van der Waals surface area contributed by atoms with Gasteiger partial charge in [-0.05, 0) is 86.8 Å². The molecule has 0 unspecified atom stereocenters. The van der Waals surface area contributed by atoms with Gasteiger partial charge in [0.2, 0.25) is 0 Å². The summed E-state index contributed by atoms with van der Waals surface area (Å²) in [5, 5.41) is 3.21. The van der Waals surface area contributed by atoms with Gasteiger partial charge in [0.15, 0.2) is 18.1 Å². The highest BCUT2D eigenvalue weighted by Gasteiger charge is 2.53.